The molecule has 13 heteroatoms. The molecule has 3 rings (SSSR count). The molecule has 0 aromatic heterocycles. The number of fused-ring (bicyclic) bond motifs is 1. The Morgan fingerprint density at radius 2 is 1.79 bits per heavy atom. The largest absolute Gasteiger partial charge is 0.471 e. The van der Waals surface area contributed by atoms with E-state index < -0.39 is 59.1 Å². The number of carbonyl (C=O) groups excluding carboxylic acids is 4. The maximum absolute atomic E-state index is 13.9. The van der Waals surface area contributed by atoms with Crippen LogP contribution in [0.1, 0.15) is 61.3 Å². The Kier molecular flexibility index (Phi) is 8.07. The molecule has 2 aliphatic heterocycles. The quantitative estimate of drug-likeness (QED) is 0.415. The van der Waals surface area contributed by atoms with Crippen molar-refractivity contribution in [1.29, 1.82) is 5.26 Å². The molecule has 0 radical (unpaired) electrons. The van der Waals surface area contributed by atoms with E-state index in [4.69, 9.17) is 4.74 Å². The van der Waals surface area contributed by atoms with Gasteiger partial charge >= 0.3 is 12.1 Å². The Bertz CT molecular complexity index is 1060. The highest BCUT2D eigenvalue weighted by Gasteiger charge is 2.70. The van der Waals surface area contributed by atoms with E-state index in [2.05, 4.69) is 10.6 Å². The van der Waals surface area contributed by atoms with Gasteiger partial charge in [-0.1, -0.05) is 13.8 Å². The summed E-state index contributed by atoms with van der Waals surface area (Å²) in [6.07, 6.45) is -4.61. The number of ether oxygens (including phenoxy) is 1. The number of halogens is 3. The van der Waals surface area contributed by atoms with Crippen molar-refractivity contribution in [3.63, 3.8) is 0 Å². The van der Waals surface area contributed by atoms with E-state index in [1.165, 1.54) is 18.7 Å². The summed E-state index contributed by atoms with van der Waals surface area (Å²) in [7, 11) is 0. The van der Waals surface area contributed by atoms with Gasteiger partial charge in [0.15, 0.2) is 0 Å². The predicted octanol–water partition coefficient (Wildman–Crippen LogP) is 1.64. The van der Waals surface area contributed by atoms with E-state index >= 15 is 0 Å². The Hall–Kier alpha value is -2.88. The van der Waals surface area contributed by atoms with E-state index in [9.17, 15) is 37.6 Å². The fourth-order valence-electron chi connectivity index (χ4n) is 6.13. The third-order valence-corrected chi connectivity index (χ3v) is 7.96. The number of hydrogen-bond donors (Lipinski definition) is 3. The van der Waals surface area contributed by atoms with Crippen LogP contribution in [-0.4, -0.2) is 77.1 Å². The number of amides is 4. The lowest BCUT2D eigenvalue weighted by Crippen LogP contribution is -2.64. The maximum Gasteiger partial charge on any atom is 0.471 e. The van der Waals surface area contributed by atoms with Crippen LogP contribution < -0.4 is 16.0 Å². The minimum Gasteiger partial charge on any atom is -0.367 e. The van der Waals surface area contributed by atoms with Crippen molar-refractivity contribution in [3.8, 4) is 6.07 Å². The molecule has 0 unspecified atom stereocenters. The van der Waals surface area contributed by atoms with Gasteiger partial charge in [-0.25, -0.2) is 0 Å². The first-order valence-corrected chi connectivity index (χ1v) is 13.1. The SMILES string of the molecule is CC(C)(C)OC(C)(C)[C@H](NC(=O)C(F)(F)F)C(=O)N1C[C@H]2[C@@H]([C@H]1C(=O)N[C@H](C#N)C[C@@H]1CCNC1=O)C2(C)C. The fraction of sp³-hybridized carbons (Fsp3) is 0.808. The van der Waals surface area contributed by atoms with Crippen LogP contribution in [0.25, 0.3) is 0 Å². The summed E-state index contributed by atoms with van der Waals surface area (Å²) >= 11 is 0. The summed E-state index contributed by atoms with van der Waals surface area (Å²) < 4.78 is 45.6. The van der Waals surface area contributed by atoms with Crippen molar-refractivity contribution in [2.45, 2.75) is 96.8 Å². The highest BCUT2D eigenvalue weighted by Crippen LogP contribution is 2.65. The van der Waals surface area contributed by atoms with Gasteiger partial charge in [-0.3, -0.25) is 19.2 Å². The number of nitriles is 1. The predicted molar refractivity (Wildman–Crippen MR) is 132 cm³/mol. The highest BCUT2D eigenvalue weighted by molar-refractivity contribution is 5.95. The Morgan fingerprint density at radius 3 is 2.28 bits per heavy atom. The molecule has 0 aromatic rings. The second-order valence-electron chi connectivity index (χ2n) is 12.8. The second-order valence-corrected chi connectivity index (χ2v) is 12.8. The van der Waals surface area contributed by atoms with Gasteiger partial charge in [0.05, 0.1) is 17.3 Å². The molecular formula is C26H38F3N5O5. The molecule has 1 aliphatic carbocycles. The van der Waals surface area contributed by atoms with E-state index in [1.54, 1.807) is 26.1 Å². The number of carbonyl (C=O) groups is 4. The van der Waals surface area contributed by atoms with Crippen LogP contribution >= 0.6 is 0 Å². The fourth-order valence-corrected chi connectivity index (χ4v) is 6.13. The molecule has 2 saturated heterocycles. The van der Waals surface area contributed by atoms with Crippen LogP contribution in [0.4, 0.5) is 13.2 Å². The third-order valence-electron chi connectivity index (χ3n) is 7.96. The summed E-state index contributed by atoms with van der Waals surface area (Å²) in [5.41, 5.74) is -2.76. The first-order valence-electron chi connectivity index (χ1n) is 13.1. The zero-order valence-corrected chi connectivity index (χ0v) is 23.4. The van der Waals surface area contributed by atoms with Crippen molar-refractivity contribution >= 4 is 23.6 Å². The third kappa shape index (κ3) is 6.48. The number of likely N-dealkylation sites (tertiary alicyclic amines) is 1. The highest BCUT2D eigenvalue weighted by atomic mass is 19.4. The Labute approximate surface area is 226 Å². The number of nitrogens with one attached hydrogen (secondary N) is 3. The van der Waals surface area contributed by atoms with Crippen LogP contribution in [0.3, 0.4) is 0 Å². The summed E-state index contributed by atoms with van der Waals surface area (Å²) in [6, 6.07) is -1.82. The lowest BCUT2D eigenvalue weighted by atomic mass is 9.93. The van der Waals surface area contributed by atoms with Crippen LogP contribution in [0.2, 0.25) is 0 Å². The minimum atomic E-state index is -5.24. The van der Waals surface area contributed by atoms with Crippen molar-refractivity contribution in [2.75, 3.05) is 13.1 Å². The molecule has 39 heavy (non-hydrogen) atoms. The molecule has 4 amide bonds. The average molecular weight is 558 g/mol. The summed E-state index contributed by atoms with van der Waals surface area (Å²) in [5, 5.41) is 16.8. The average Bonchev–Trinajstić information content (AvgIpc) is 3.14. The van der Waals surface area contributed by atoms with E-state index in [1.807, 2.05) is 19.9 Å². The van der Waals surface area contributed by atoms with Crippen molar-refractivity contribution in [2.24, 2.45) is 23.2 Å². The zero-order valence-electron chi connectivity index (χ0n) is 23.4. The van der Waals surface area contributed by atoms with Crippen molar-refractivity contribution in [1.82, 2.24) is 20.9 Å². The smallest absolute Gasteiger partial charge is 0.367 e. The van der Waals surface area contributed by atoms with Crippen LogP contribution in [-0.2, 0) is 23.9 Å². The van der Waals surface area contributed by atoms with Gasteiger partial charge in [0.1, 0.15) is 18.1 Å². The van der Waals surface area contributed by atoms with Gasteiger partial charge in [-0.05, 0) is 64.7 Å². The van der Waals surface area contributed by atoms with E-state index in [0.717, 1.165) is 0 Å². The molecule has 0 spiro atoms. The summed E-state index contributed by atoms with van der Waals surface area (Å²) in [5.74, 6) is -4.81. The molecule has 10 nitrogen and oxygen atoms in total. The minimum absolute atomic E-state index is 0.0936. The molecule has 3 N–H and O–H groups in total. The van der Waals surface area contributed by atoms with Crippen molar-refractivity contribution < 1.29 is 37.1 Å². The van der Waals surface area contributed by atoms with E-state index in [-0.39, 0.29) is 36.1 Å². The molecule has 3 aliphatic rings. The van der Waals surface area contributed by atoms with Gasteiger partial charge in [-0.15, -0.1) is 0 Å². The maximum atomic E-state index is 13.9. The van der Waals surface area contributed by atoms with Gasteiger partial charge < -0.3 is 25.6 Å². The lowest BCUT2D eigenvalue weighted by molar-refractivity contribution is -0.182. The number of nitrogens with zero attached hydrogens (tertiary/aromatic N) is 2. The number of alkyl halides is 3. The monoisotopic (exact) mass is 557 g/mol. The standard InChI is InChI=1S/C26H38F3N5O5/c1-23(2,3)39-25(6,7)18(33-22(38)26(27,28)29)21(37)34-12-15-16(24(15,4)5)17(34)20(36)32-14(11-30)10-13-8-9-31-19(13)35/h13-18H,8-10,12H2,1-7H3,(H,31,35)(H,32,36)(H,33,38)/t13-,14-,15-,16-,17-,18+/m0/s1. The number of rotatable bonds is 8. The van der Waals surface area contributed by atoms with Crippen LogP contribution in [0.5, 0.6) is 0 Å². The number of hydrogen-bond acceptors (Lipinski definition) is 6. The van der Waals surface area contributed by atoms with Gasteiger partial charge in [0.2, 0.25) is 17.7 Å². The first kappa shape index (κ1) is 30.7. The molecule has 6 atom stereocenters. The second kappa shape index (κ2) is 10.3. The molecule has 3 fully saturated rings. The Morgan fingerprint density at radius 1 is 1.18 bits per heavy atom. The molecule has 1 saturated carbocycles. The van der Waals surface area contributed by atoms with Crippen LogP contribution in [0.15, 0.2) is 0 Å². The molecule has 0 bridgehead atoms. The molecule has 218 valence electrons. The van der Waals surface area contributed by atoms with Gasteiger partial charge in [0.25, 0.3) is 0 Å². The van der Waals surface area contributed by atoms with E-state index in [0.29, 0.717) is 13.0 Å². The molecule has 0 aromatic carbocycles. The van der Waals surface area contributed by atoms with Gasteiger partial charge in [-0.2, -0.15) is 18.4 Å². The summed E-state index contributed by atoms with van der Waals surface area (Å²) in [6.45, 7) is 12.3. The topological polar surface area (TPSA) is 141 Å². The molecule has 2 heterocycles. The van der Waals surface area contributed by atoms with Gasteiger partial charge in [0, 0.05) is 19.0 Å². The first-order chi connectivity index (χ1) is 17.7. The normalized spacial score (nSPS) is 27.6. The van der Waals surface area contributed by atoms with Crippen molar-refractivity contribution in [3.05, 3.63) is 0 Å². The number of piperidine rings is 1. The Balaban J connectivity index is 1.88. The lowest BCUT2D eigenvalue weighted by Gasteiger charge is -2.42. The summed E-state index contributed by atoms with van der Waals surface area (Å²) in [4.78, 5) is 52.5. The molecular weight excluding hydrogens is 519 g/mol. The van der Waals surface area contributed by atoms with Crippen LogP contribution in [0, 0.1) is 34.5 Å². The zero-order chi connectivity index (χ0) is 29.7.